The highest BCUT2D eigenvalue weighted by Crippen LogP contribution is 2.36. The fourth-order valence-electron chi connectivity index (χ4n) is 1.59. The molecule has 0 nitrogen and oxygen atoms in total. The Labute approximate surface area is 114 Å². The quantitative estimate of drug-likeness (QED) is 0.623. The van der Waals surface area contributed by atoms with Crippen LogP contribution in [0.5, 0.6) is 0 Å². The first kappa shape index (κ1) is 13.7. The Hall–Kier alpha value is 0.660. The number of aryl methyl sites for hydroxylation is 1. The van der Waals surface area contributed by atoms with E-state index in [1.807, 2.05) is 0 Å². The van der Waals surface area contributed by atoms with E-state index < -0.39 is 0 Å². The summed E-state index contributed by atoms with van der Waals surface area (Å²) in [4.78, 5) is 0. The second kappa shape index (κ2) is 6.41. The first-order chi connectivity index (χ1) is 7.14. The highest BCUT2D eigenvalue weighted by Gasteiger charge is 2.31. The fourth-order valence-corrected chi connectivity index (χ4v) is 5.08. The second-order valence-electron chi connectivity index (χ2n) is 4.42. The van der Waals surface area contributed by atoms with E-state index in [1.165, 1.54) is 18.4 Å². The van der Waals surface area contributed by atoms with Gasteiger partial charge in [-0.25, -0.2) is 0 Å². The van der Waals surface area contributed by atoms with Crippen LogP contribution in [0.15, 0.2) is 16.8 Å². The zero-order valence-electron chi connectivity index (χ0n) is 9.30. The molecule has 0 aromatic carbocycles. The topological polar surface area (TPSA) is 0 Å². The molecule has 0 saturated carbocycles. The van der Waals surface area contributed by atoms with Crippen LogP contribution in [-0.4, -0.2) is 10.7 Å². The number of rotatable bonds is 6. The molecular weight excluding hydrogens is 336 g/mol. The van der Waals surface area contributed by atoms with Crippen molar-refractivity contribution in [3.63, 3.8) is 0 Å². The third kappa shape index (κ3) is 3.57. The van der Waals surface area contributed by atoms with Gasteiger partial charge in [0.05, 0.1) is 0 Å². The van der Waals surface area contributed by atoms with E-state index in [0.29, 0.717) is 11.3 Å². The SMILES string of the molecule is CC(C)C(CBr)(CBr)CCc1ccsc1. The first-order valence-corrected chi connectivity index (χ1v) is 8.46. The molecule has 86 valence electrons. The number of alkyl halides is 2. The van der Waals surface area contributed by atoms with Crippen LogP contribution in [0.3, 0.4) is 0 Å². The Morgan fingerprint density at radius 2 is 2.00 bits per heavy atom. The zero-order chi connectivity index (χ0) is 11.3. The van der Waals surface area contributed by atoms with E-state index in [0.717, 1.165) is 10.7 Å². The minimum absolute atomic E-state index is 0.391. The molecule has 0 unspecified atom stereocenters. The van der Waals surface area contributed by atoms with Crippen LogP contribution in [0.1, 0.15) is 25.8 Å². The van der Waals surface area contributed by atoms with Crippen LogP contribution in [0, 0.1) is 11.3 Å². The van der Waals surface area contributed by atoms with Gasteiger partial charge in [0, 0.05) is 10.7 Å². The van der Waals surface area contributed by atoms with Crippen LogP contribution in [0.2, 0.25) is 0 Å². The Morgan fingerprint density at radius 1 is 1.33 bits per heavy atom. The van der Waals surface area contributed by atoms with Gasteiger partial charge in [-0.3, -0.25) is 0 Å². The lowest BCUT2D eigenvalue weighted by Crippen LogP contribution is -2.31. The predicted octanol–water partition coefficient (Wildman–Crippen LogP) is 5.11. The van der Waals surface area contributed by atoms with Gasteiger partial charge >= 0.3 is 0 Å². The lowest BCUT2D eigenvalue weighted by Gasteiger charge is -2.34. The van der Waals surface area contributed by atoms with Gasteiger partial charge in [0.25, 0.3) is 0 Å². The minimum atomic E-state index is 0.391. The lowest BCUT2D eigenvalue weighted by molar-refractivity contribution is 0.248. The van der Waals surface area contributed by atoms with Crippen LogP contribution in [0.25, 0.3) is 0 Å². The van der Waals surface area contributed by atoms with E-state index in [1.54, 1.807) is 11.3 Å². The van der Waals surface area contributed by atoms with Gasteiger partial charge < -0.3 is 0 Å². The maximum atomic E-state index is 3.67. The molecule has 0 saturated heterocycles. The molecule has 3 heteroatoms. The van der Waals surface area contributed by atoms with Gasteiger partial charge in [0.15, 0.2) is 0 Å². The van der Waals surface area contributed by atoms with E-state index >= 15 is 0 Å². The summed E-state index contributed by atoms with van der Waals surface area (Å²) in [5, 5.41) is 6.57. The van der Waals surface area contributed by atoms with Crippen molar-refractivity contribution in [1.82, 2.24) is 0 Å². The Kier molecular flexibility index (Phi) is 5.86. The largest absolute Gasteiger partial charge is 0.152 e. The van der Waals surface area contributed by atoms with Crippen molar-refractivity contribution in [1.29, 1.82) is 0 Å². The number of hydrogen-bond acceptors (Lipinski definition) is 1. The smallest absolute Gasteiger partial charge is 0.00985 e. The molecule has 0 spiro atoms. The molecule has 0 radical (unpaired) electrons. The maximum absolute atomic E-state index is 3.67. The third-order valence-electron chi connectivity index (χ3n) is 3.25. The Balaban J connectivity index is 2.59. The molecule has 15 heavy (non-hydrogen) atoms. The number of thiophene rings is 1. The molecule has 1 aromatic rings. The summed E-state index contributed by atoms with van der Waals surface area (Å²) in [6.45, 7) is 4.63. The third-order valence-corrected chi connectivity index (χ3v) is 6.21. The molecule has 0 amide bonds. The average molecular weight is 354 g/mol. The van der Waals surface area contributed by atoms with Gasteiger partial charge in [-0.05, 0) is 46.6 Å². The monoisotopic (exact) mass is 352 g/mol. The molecule has 0 N–H and O–H groups in total. The van der Waals surface area contributed by atoms with Gasteiger partial charge in [0.2, 0.25) is 0 Å². The van der Waals surface area contributed by atoms with E-state index in [9.17, 15) is 0 Å². The van der Waals surface area contributed by atoms with Crippen LogP contribution in [-0.2, 0) is 6.42 Å². The van der Waals surface area contributed by atoms with Crippen molar-refractivity contribution < 1.29 is 0 Å². The lowest BCUT2D eigenvalue weighted by atomic mass is 9.77. The first-order valence-electron chi connectivity index (χ1n) is 5.27. The second-order valence-corrected chi connectivity index (χ2v) is 6.32. The van der Waals surface area contributed by atoms with Crippen molar-refractivity contribution in [2.75, 3.05) is 10.7 Å². The van der Waals surface area contributed by atoms with Gasteiger partial charge in [-0.1, -0.05) is 45.7 Å². The average Bonchev–Trinajstić information content (AvgIpc) is 2.72. The fraction of sp³-hybridized carbons (Fsp3) is 0.667. The summed E-state index contributed by atoms with van der Waals surface area (Å²) >= 11 is 9.13. The molecule has 1 heterocycles. The molecule has 1 rings (SSSR count). The molecule has 0 aliphatic heterocycles. The molecule has 0 atom stereocenters. The predicted molar refractivity (Wildman–Crippen MR) is 77.5 cm³/mol. The normalized spacial score (nSPS) is 12.3. The van der Waals surface area contributed by atoms with E-state index in [-0.39, 0.29) is 0 Å². The Morgan fingerprint density at radius 3 is 2.40 bits per heavy atom. The van der Waals surface area contributed by atoms with Gasteiger partial charge in [-0.15, -0.1) is 0 Å². The summed E-state index contributed by atoms with van der Waals surface area (Å²) in [5.74, 6) is 0.704. The molecule has 0 bridgehead atoms. The molecule has 0 aliphatic carbocycles. The summed E-state index contributed by atoms with van der Waals surface area (Å²) < 4.78 is 0. The number of hydrogen-bond donors (Lipinski definition) is 0. The van der Waals surface area contributed by atoms with Crippen LogP contribution < -0.4 is 0 Å². The summed E-state index contributed by atoms with van der Waals surface area (Å²) in [7, 11) is 0. The molecule has 0 fully saturated rings. The minimum Gasteiger partial charge on any atom is -0.152 e. The van der Waals surface area contributed by atoms with Crippen LogP contribution >= 0.6 is 43.2 Å². The number of halogens is 2. The van der Waals surface area contributed by atoms with Crippen LogP contribution in [0.4, 0.5) is 0 Å². The van der Waals surface area contributed by atoms with Crippen molar-refractivity contribution in [3.05, 3.63) is 22.4 Å². The van der Waals surface area contributed by atoms with Gasteiger partial charge in [0.1, 0.15) is 0 Å². The molecular formula is C12H18Br2S. The standard InChI is InChI=1S/C12H18Br2S/c1-10(2)12(8-13,9-14)5-3-11-4-6-15-7-11/h4,6-7,10H,3,5,8-9H2,1-2H3. The highest BCUT2D eigenvalue weighted by atomic mass is 79.9. The van der Waals surface area contributed by atoms with Crippen molar-refractivity contribution in [2.45, 2.75) is 26.7 Å². The highest BCUT2D eigenvalue weighted by molar-refractivity contribution is 9.09. The maximum Gasteiger partial charge on any atom is 0.00985 e. The molecule has 0 aliphatic rings. The summed E-state index contributed by atoms with van der Waals surface area (Å²) in [5.41, 5.74) is 1.87. The van der Waals surface area contributed by atoms with E-state index in [2.05, 4.69) is 62.5 Å². The van der Waals surface area contributed by atoms with Crippen molar-refractivity contribution in [3.8, 4) is 0 Å². The van der Waals surface area contributed by atoms with E-state index in [4.69, 9.17) is 0 Å². The Bertz CT molecular complexity index is 263. The van der Waals surface area contributed by atoms with Crippen molar-refractivity contribution in [2.24, 2.45) is 11.3 Å². The van der Waals surface area contributed by atoms with Gasteiger partial charge in [-0.2, -0.15) is 11.3 Å². The summed E-state index contributed by atoms with van der Waals surface area (Å²) in [6, 6.07) is 2.23. The van der Waals surface area contributed by atoms with Crippen molar-refractivity contribution >= 4 is 43.2 Å². The zero-order valence-corrected chi connectivity index (χ0v) is 13.3. The summed E-state index contributed by atoms with van der Waals surface area (Å²) in [6.07, 6.45) is 2.44. The molecule has 1 aromatic heterocycles.